The minimum atomic E-state index is -1.27. The maximum absolute atomic E-state index is 13.0. The lowest BCUT2D eigenvalue weighted by atomic mass is 10.0. The number of thioether (sulfide) groups is 2. The van der Waals surface area contributed by atoms with Gasteiger partial charge in [0.25, 0.3) is 11.8 Å². The van der Waals surface area contributed by atoms with Crippen molar-refractivity contribution >= 4 is 81.0 Å². The summed E-state index contributed by atoms with van der Waals surface area (Å²) in [4.78, 5) is 52.5. The minimum Gasteiger partial charge on any atom is -0.477 e. The second kappa shape index (κ2) is 10.9. The molecule has 1 saturated heterocycles. The van der Waals surface area contributed by atoms with Gasteiger partial charge in [-0.15, -0.1) is 11.8 Å². The number of fused-ring (bicyclic) bond motifs is 1. The van der Waals surface area contributed by atoms with Crippen LogP contribution in [0.4, 0.5) is 22.5 Å². The Morgan fingerprint density at radius 3 is 2.68 bits per heavy atom. The number of oxime groups is 1. The first kappa shape index (κ1) is 27.2. The molecule has 4 rings (SSSR count). The molecule has 1 fully saturated rings. The zero-order chi connectivity index (χ0) is 27.7. The van der Waals surface area contributed by atoms with Gasteiger partial charge in [0.2, 0.25) is 23.2 Å². The van der Waals surface area contributed by atoms with Gasteiger partial charge in [-0.3, -0.25) is 14.5 Å². The number of carbonyl (C=O) groups is 3. The molecule has 202 valence electrons. The van der Waals surface area contributed by atoms with Crippen LogP contribution in [-0.2, 0) is 26.3 Å². The fourth-order valence-electron chi connectivity index (χ4n) is 3.58. The van der Waals surface area contributed by atoms with Crippen molar-refractivity contribution in [1.29, 1.82) is 0 Å². The van der Waals surface area contributed by atoms with Crippen LogP contribution in [0, 0.1) is 0 Å². The molecule has 0 spiro atoms. The van der Waals surface area contributed by atoms with Crippen LogP contribution < -0.4 is 32.8 Å². The van der Waals surface area contributed by atoms with Crippen LogP contribution in [0.2, 0.25) is 0 Å². The predicted octanol–water partition coefficient (Wildman–Crippen LogP) is -1.64. The third-order valence-corrected chi connectivity index (χ3v) is 8.48. The Hall–Kier alpha value is -3.84. The molecular weight excluding hydrogens is 558 g/mol. The van der Waals surface area contributed by atoms with Crippen molar-refractivity contribution in [2.75, 3.05) is 41.0 Å². The number of β-lactam (4-membered cyclic amide) rings is 1. The van der Waals surface area contributed by atoms with E-state index in [0.29, 0.717) is 16.5 Å². The zero-order valence-electron chi connectivity index (χ0n) is 20.1. The van der Waals surface area contributed by atoms with E-state index in [2.05, 4.69) is 24.8 Å². The number of rotatable bonds is 9. The molecule has 16 nitrogen and oxygen atoms in total. The van der Waals surface area contributed by atoms with Crippen LogP contribution in [0.3, 0.4) is 0 Å². The van der Waals surface area contributed by atoms with Gasteiger partial charge in [0.15, 0.2) is 10.8 Å². The smallest absolute Gasteiger partial charge is 0.352 e. The predicted molar refractivity (Wildman–Crippen MR) is 142 cm³/mol. The van der Waals surface area contributed by atoms with Crippen molar-refractivity contribution < 1.29 is 28.9 Å². The summed E-state index contributed by atoms with van der Waals surface area (Å²) in [6, 6.07) is -0.991. The quantitative estimate of drug-likeness (QED) is 0.0484. The SMILES string of the molecule is CCO/N=C(\C(=O)NC1C(=O)N2C(C(=O)O)=C(CSc3nc(N)c(N)c(N)[n+]3C)CS[C@H]12)c1nsc(N)n1. The number of aliphatic carboxylic acids is 1. The lowest BCUT2D eigenvalue weighted by molar-refractivity contribution is -0.698. The number of carboxylic acids is 1. The van der Waals surface area contributed by atoms with Gasteiger partial charge in [-0.05, 0) is 24.3 Å². The minimum absolute atomic E-state index is 0.0467. The van der Waals surface area contributed by atoms with Gasteiger partial charge < -0.3 is 38.2 Å². The number of carboxylic acid groups (broad SMARTS) is 1. The first-order valence-electron chi connectivity index (χ1n) is 10.9. The summed E-state index contributed by atoms with van der Waals surface area (Å²) in [6.45, 7) is 1.86. The number of nitrogen functional groups attached to an aromatic ring is 4. The molecule has 2 atom stereocenters. The molecule has 0 bridgehead atoms. The second-order valence-electron chi connectivity index (χ2n) is 7.86. The van der Waals surface area contributed by atoms with Crippen molar-refractivity contribution in [2.24, 2.45) is 12.2 Å². The Morgan fingerprint density at radius 1 is 1.32 bits per heavy atom. The molecule has 2 aliphatic heterocycles. The topological polar surface area (TPSA) is 255 Å². The van der Waals surface area contributed by atoms with Gasteiger partial charge in [-0.25, -0.2) is 9.36 Å². The van der Waals surface area contributed by atoms with Gasteiger partial charge in [0.05, 0.1) is 7.05 Å². The number of nitrogens with zero attached hydrogens (tertiary/aromatic N) is 6. The Morgan fingerprint density at radius 2 is 2.05 bits per heavy atom. The average Bonchev–Trinajstić information content (AvgIpc) is 3.32. The molecule has 2 aromatic heterocycles. The molecule has 0 aliphatic carbocycles. The van der Waals surface area contributed by atoms with E-state index >= 15 is 0 Å². The Balaban J connectivity index is 1.51. The fraction of sp³-hybridized carbons (Fsp3) is 0.368. The second-order valence-corrected chi connectivity index (χ2v) is 10.7. The number of nitrogens with one attached hydrogen (secondary N) is 1. The van der Waals surface area contributed by atoms with Crippen LogP contribution >= 0.6 is 35.1 Å². The van der Waals surface area contributed by atoms with E-state index in [1.54, 1.807) is 18.5 Å². The fourth-order valence-corrected chi connectivity index (χ4v) is 6.49. The Labute approximate surface area is 228 Å². The highest BCUT2D eigenvalue weighted by Gasteiger charge is 2.54. The molecule has 2 amide bonds. The van der Waals surface area contributed by atoms with Gasteiger partial charge in [-0.2, -0.15) is 9.36 Å². The van der Waals surface area contributed by atoms with E-state index in [9.17, 15) is 19.5 Å². The first-order valence-corrected chi connectivity index (χ1v) is 13.7. The molecular formula is C19H24N11O5S3+. The van der Waals surface area contributed by atoms with Crippen molar-refractivity contribution in [2.45, 2.75) is 23.5 Å². The van der Waals surface area contributed by atoms with Gasteiger partial charge in [0.1, 0.15) is 23.7 Å². The van der Waals surface area contributed by atoms with Crippen molar-refractivity contribution in [3.8, 4) is 0 Å². The highest BCUT2D eigenvalue weighted by Crippen LogP contribution is 2.41. The maximum Gasteiger partial charge on any atom is 0.352 e. The summed E-state index contributed by atoms with van der Waals surface area (Å²) in [5.74, 6) is -1.86. The van der Waals surface area contributed by atoms with Crippen LogP contribution in [-0.4, -0.2) is 77.4 Å². The van der Waals surface area contributed by atoms with E-state index < -0.39 is 29.2 Å². The number of carbonyl (C=O) groups excluding carboxylic acids is 2. The van der Waals surface area contributed by atoms with E-state index in [1.165, 1.54) is 23.5 Å². The third kappa shape index (κ3) is 4.98. The van der Waals surface area contributed by atoms with Crippen LogP contribution in [0.15, 0.2) is 21.6 Å². The third-order valence-electron chi connectivity index (χ3n) is 5.48. The summed E-state index contributed by atoms with van der Waals surface area (Å²) >= 11 is 3.39. The molecule has 2 aromatic rings. The summed E-state index contributed by atoms with van der Waals surface area (Å²) in [6.07, 6.45) is 0. The van der Waals surface area contributed by atoms with E-state index in [0.717, 1.165) is 16.4 Å². The molecule has 19 heteroatoms. The average molecular weight is 583 g/mol. The molecule has 0 aromatic carbocycles. The highest BCUT2D eigenvalue weighted by molar-refractivity contribution is 8.01. The first-order chi connectivity index (χ1) is 18.0. The number of hydrogen-bond acceptors (Lipinski definition) is 15. The summed E-state index contributed by atoms with van der Waals surface area (Å²) in [7, 11) is 1.66. The highest BCUT2D eigenvalue weighted by atomic mass is 32.2. The summed E-state index contributed by atoms with van der Waals surface area (Å²) in [5.41, 5.74) is 23.4. The Kier molecular flexibility index (Phi) is 7.78. The summed E-state index contributed by atoms with van der Waals surface area (Å²) < 4.78 is 5.51. The number of aromatic nitrogens is 4. The van der Waals surface area contributed by atoms with Gasteiger partial charge in [0, 0.05) is 23.0 Å². The van der Waals surface area contributed by atoms with Crippen LogP contribution in [0.5, 0.6) is 0 Å². The molecule has 10 N–H and O–H groups in total. The van der Waals surface area contributed by atoms with Crippen molar-refractivity contribution in [1.82, 2.24) is 24.6 Å². The maximum atomic E-state index is 13.0. The Bertz CT molecular complexity index is 1380. The normalized spacial score (nSPS) is 19.2. The lowest BCUT2D eigenvalue weighted by Gasteiger charge is -2.49. The number of nitrogens with two attached hydrogens (primary N) is 4. The van der Waals surface area contributed by atoms with Gasteiger partial charge >= 0.3 is 11.1 Å². The van der Waals surface area contributed by atoms with Crippen molar-refractivity contribution in [3.63, 3.8) is 0 Å². The van der Waals surface area contributed by atoms with Crippen molar-refractivity contribution in [3.05, 3.63) is 17.1 Å². The number of hydrogen-bond donors (Lipinski definition) is 6. The van der Waals surface area contributed by atoms with Crippen LogP contribution in [0.25, 0.3) is 0 Å². The number of amides is 2. The standard InChI is InChI=1S/C19H23N11O5S3/c1-3-35-27-8(13-26-18(23)38-28-13)14(31)24-9-15(32)30-10(17(33)34)6(4-36-16(9)30)5-37-19-25-11(21)7(20)12(22)29(19)2/h9,16H,3-5H2,1-2H3,(H9,20,21,22,23,24,26,27,28,31,33,34)/p+1/t9?,16-/m1/s1. The largest absolute Gasteiger partial charge is 0.477 e. The molecule has 0 saturated carbocycles. The van der Waals surface area contributed by atoms with E-state index in [4.69, 9.17) is 27.8 Å². The molecule has 2 aliphatic rings. The number of anilines is 4. The molecule has 1 unspecified atom stereocenters. The van der Waals surface area contributed by atoms with E-state index in [-0.39, 0.29) is 52.0 Å². The van der Waals surface area contributed by atoms with Crippen LogP contribution in [0.1, 0.15) is 12.7 Å². The molecule has 4 heterocycles. The lowest BCUT2D eigenvalue weighted by Crippen LogP contribution is -2.71. The molecule has 38 heavy (non-hydrogen) atoms. The van der Waals surface area contributed by atoms with Gasteiger partial charge in [-0.1, -0.05) is 10.1 Å². The molecule has 0 radical (unpaired) electrons. The van der Waals surface area contributed by atoms with E-state index in [1.807, 2.05) is 0 Å². The zero-order valence-corrected chi connectivity index (χ0v) is 22.5. The summed E-state index contributed by atoms with van der Waals surface area (Å²) in [5, 5.41) is 16.2. The monoisotopic (exact) mass is 582 g/mol.